The molecule has 0 saturated heterocycles. The van der Waals surface area contributed by atoms with Crippen LogP contribution in [0.25, 0.3) is 0 Å². The third-order valence-electron chi connectivity index (χ3n) is 1.88. The molecule has 56 valence electrons. The second kappa shape index (κ2) is 2.05. The van der Waals surface area contributed by atoms with E-state index >= 15 is 0 Å². The Hall–Kier alpha value is -1.38. The van der Waals surface area contributed by atoms with Crippen molar-refractivity contribution in [3.63, 3.8) is 0 Å². The SMILES string of the molecule is Cc1ccnc2c1C(=O)NC2. The number of fused-ring (bicyclic) bond motifs is 1. The molecule has 1 amide bonds. The topological polar surface area (TPSA) is 42.0 Å². The minimum Gasteiger partial charge on any atom is -0.346 e. The van der Waals surface area contributed by atoms with Crippen LogP contribution in [0.5, 0.6) is 0 Å². The number of amides is 1. The molecule has 0 bridgehead atoms. The molecule has 0 saturated carbocycles. The van der Waals surface area contributed by atoms with Crippen molar-refractivity contribution >= 4 is 5.91 Å². The highest BCUT2D eigenvalue weighted by molar-refractivity contribution is 5.98. The Kier molecular flexibility index (Phi) is 1.18. The predicted molar refractivity (Wildman–Crippen MR) is 40.1 cm³/mol. The average molecular weight is 148 g/mol. The predicted octanol–water partition coefficient (Wildman–Crippen LogP) is 0.633. The van der Waals surface area contributed by atoms with Crippen LogP contribution in [-0.4, -0.2) is 10.9 Å². The van der Waals surface area contributed by atoms with Crippen LogP contribution in [-0.2, 0) is 6.54 Å². The van der Waals surface area contributed by atoms with Gasteiger partial charge in [0.1, 0.15) is 0 Å². The summed E-state index contributed by atoms with van der Waals surface area (Å²) < 4.78 is 0. The summed E-state index contributed by atoms with van der Waals surface area (Å²) in [5.74, 6) is 0.00519. The number of nitrogens with one attached hydrogen (secondary N) is 1. The van der Waals surface area contributed by atoms with Gasteiger partial charge in [-0.2, -0.15) is 0 Å². The maximum atomic E-state index is 11.1. The number of hydrogen-bond acceptors (Lipinski definition) is 2. The van der Waals surface area contributed by atoms with Crippen LogP contribution in [0.3, 0.4) is 0 Å². The lowest BCUT2D eigenvalue weighted by atomic mass is 10.1. The Morgan fingerprint density at radius 2 is 2.45 bits per heavy atom. The maximum absolute atomic E-state index is 11.1. The third kappa shape index (κ3) is 0.808. The van der Waals surface area contributed by atoms with Crippen LogP contribution in [0.2, 0.25) is 0 Å². The first-order valence-corrected chi connectivity index (χ1v) is 3.52. The third-order valence-corrected chi connectivity index (χ3v) is 1.88. The van der Waals surface area contributed by atoms with Gasteiger partial charge in [0, 0.05) is 6.20 Å². The summed E-state index contributed by atoms with van der Waals surface area (Å²) in [6.45, 7) is 2.50. The molecule has 2 rings (SSSR count). The Morgan fingerprint density at radius 1 is 1.64 bits per heavy atom. The van der Waals surface area contributed by atoms with Crippen LogP contribution >= 0.6 is 0 Å². The van der Waals surface area contributed by atoms with Crippen molar-refractivity contribution < 1.29 is 4.79 Å². The van der Waals surface area contributed by atoms with Crippen LogP contribution in [0.15, 0.2) is 12.3 Å². The summed E-state index contributed by atoms with van der Waals surface area (Å²) in [7, 11) is 0. The number of carbonyl (C=O) groups excluding carboxylic acids is 1. The molecule has 1 aliphatic rings. The normalized spacial score (nSPS) is 14.5. The number of rotatable bonds is 0. The van der Waals surface area contributed by atoms with Crippen molar-refractivity contribution in [2.75, 3.05) is 0 Å². The largest absolute Gasteiger partial charge is 0.346 e. The Labute approximate surface area is 64.5 Å². The highest BCUT2D eigenvalue weighted by Crippen LogP contribution is 2.15. The fourth-order valence-corrected chi connectivity index (χ4v) is 1.31. The lowest BCUT2D eigenvalue weighted by molar-refractivity contribution is 0.0965. The highest BCUT2D eigenvalue weighted by atomic mass is 16.1. The molecule has 0 unspecified atom stereocenters. The number of aromatic nitrogens is 1. The molecule has 0 aromatic carbocycles. The fraction of sp³-hybridized carbons (Fsp3) is 0.250. The van der Waals surface area contributed by atoms with Gasteiger partial charge in [0.15, 0.2) is 0 Å². The average Bonchev–Trinajstić information content (AvgIpc) is 2.34. The number of carbonyl (C=O) groups is 1. The van der Waals surface area contributed by atoms with E-state index in [2.05, 4.69) is 10.3 Å². The molecular formula is C8H8N2O. The van der Waals surface area contributed by atoms with E-state index in [9.17, 15) is 4.79 Å². The van der Waals surface area contributed by atoms with Crippen molar-refractivity contribution in [2.45, 2.75) is 13.5 Å². The first-order valence-electron chi connectivity index (χ1n) is 3.52. The molecule has 0 spiro atoms. The zero-order chi connectivity index (χ0) is 7.84. The summed E-state index contributed by atoms with van der Waals surface area (Å²) in [6.07, 6.45) is 1.73. The first-order chi connectivity index (χ1) is 5.29. The van der Waals surface area contributed by atoms with E-state index in [1.807, 2.05) is 13.0 Å². The van der Waals surface area contributed by atoms with Gasteiger partial charge < -0.3 is 5.32 Å². The van der Waals surface area contributed by atoms with Gasteiger partial charge in [-0.1, -0.05) is 0 Å². The maximum Gasteiger partial charge on any atom is 0.253 e. The fourth-order valence-electron chi connectivity index (χ4n) is 1.31. The van der Waals surface area contributed by atoms with Gasteiger partial charge in [-0.25, -0.2) is 0 Å². The molecule has 3 heteroatoms. The highest BCUT2D eigenvalue weighted by Gasteiger charge is 2.20. The molecule has 0 aliphatic carbocycles. The summed E-state index contributed by atoms with van der Waals surface area (Å²) in [5, 5.41) is 2.72. The van der Waals surface area contributed by atoms with E-state index in [0.29, 0.717) is 6.54 Å². The van der Waals surface area contributed by atoms with Gasteiger partial charge in [-0.15, -0.1) is 0 Å². The van der Waals surface area contributed by atoms with Gasteiger partial charge in [-0.05, 0) is 18.6 Å². The molecule has 3 nitrogen and oxygen atoms in total. The summed E-state index contributed by atoms with van der Waals surface area (Å²) in [6, 6.07) is 1.85. The zero-order valence-corrected chi connectivity index (χ0v) is 6.22. The number of pyridine rings is 1. The second-order valence-corrected chi connectivity index (χ2v) is 2.63. The molecule has 1 N–H and O–H groups in total. The summed E-state index contributed by atoms with van der Waals surface area (Å²) in [5.41, 5.74) is 2.63. The smallest absolute Gasteiger partial charge is 0.253 e. The molecule has 1 aliphatic heterocycles. The Bertz CT molecular complexity index is 320. The molecule has 11 heavy (non-hydrogen) atoms. The molecule has 0 fully saturated rings. The van der Waals surface area contributed by atoms with E-state index in [1.165, 1.54) is 0 Å². The van der Waals surface area contributed by atoms with Crippen molar-refractivity contribution in [2.24, 2.45) is 0 Å². The molecule has 0 atom stereocenters. The van der Waals surface area contributed by atoms with Crippen LogP contribution in [0, 0.1) is 6.92 Å². The minimum absolute atomic E-state index is 0.00519. The van der Waals surface area contributed by atoms with Gasteiger partial charge in [0.05, 0.1) is 17.8 Å². The summed E-state index contributed by atoms with van der Waals surface area (Å²) >= 11 is 0. The van der Waals surface area contributed by atoms with Crippen LogP contribution in [0.1, 0.15) is 21.6 Å². The van der Waals surface area contributed by atoms with Crippen LogP contribution < -0.4 is 5.32 Å². The first kappa shape index (κ1) is 6.34. The Balaban J connectivity index is 2.68. The van der Waals surface area contributed by atoms with E-state index in [1.54, 1.807) is 6.20 Å². The standard InChI is InChI=1S/C8H8N2O/c1-5-2-3-9-6-4-10-8(11)7(5)6/h2-3H,4H2,1H3,(H,10,11). The van der Waals surface area contributed by atoms with E-state index in [-0.39, 0.29) is 5.91 Å². The second-order valence-electron chi connectivity index (χ2n) is 2.63. The number of nitrogens with zero attached hydrogens (tertiary/aromatic N) is 1. The quantitative estimate of drug-likeness (QED) is 0.586. The molecule has 2 heterocycles. The van der Waals surface area contributed by atoms with Crippen molar-refractivity contribution in [1.82, 2.24) is 10.3 Å². The van der Waals surface area contributed by atoms with Crippen molar-refractivity contribution in [3.8, 4) is 0 Å². The van der Waals surface area contributed by atoms with Gasteiger partial charge in [-0.3, -0.25) is 9.78 Å². The molecule has 0 radical (unpaired) electrons. The van der Waals surface area contributed by atoms with Gasteiger partial charge >= 0.3 is 0 Å². The van der Waals surface area contributed by atoms with E-state index in [4.69, 9.17) is 0 Å². The number of aryl methyl sites for hydroxylation is 1. The molecule has 1 aromatic rings. The number of hydrogen-bond donors (Lipinski definition) is 1. The van der Waals surface area contributed by atoms with Crippen molar-refractivity contribution in [1.29, 1.82) is 0 Å². The lowest BCUT2D eigenvalue weighted by Crippen LogP contribution is -2.13. The van der Waals surface area contributed by atoms with Gasteiger partial charge in [0.25, 0.3) is 5.91 Å². The van der Waals surface area contributed by atoms with E-state index in [0.717, 1.165) is 16.8 Å². The molecular weight excluding hydrogens is 140 g/mol. The zero-order valence-electron chi connectivity index (χ0n) is 6.22. The van der Waals surface area contributed by atoms with Gasteiger partial charge in [0.2, 0.25) is 0 Å². The van der Waals surface area contributed by atoms with Crippen molar-refractivity contribution in [3.05, 3.63) is 29.1 Å². The monoisotopic (exact) mass is 148 g/mol. The summed E-state index contributed by atoms with van der Waals surface area (Å²) in [4.78, 5) is 15.2. The lowest BCUT2D eigenvalue weighted by Gasteiger charge is -1.96. The van der Waals surface area contributed by atoms with Crippen LogP contribution in [0.4, 0.5) is 0 Å². The molecule has 1 aromatic heterocycles. The Morgan fingerprint density at radius 3 is 3.18 bits per heavy atom. The van der Waals surface area contributed by atoms with E-state index < -0.39 is 0 Å². The minimum atomic E-state index is 0.00519.